The third-order valence-electron chi connectivity index (χ3n) is 3.65. The minimum Gasteiger partial charge on any atom is -0.508 e. The standard InChI is InChI=1S/C15H22N2O2/c1-17(11-13-3-2-8-16-10-13)15(19)9-12-4-6-14(18)7-5-12/h4-7,13,16,18H,2-3,8-11H2,1H3. The fourth-order valence-electron chi connectivity index (χ4n) is 2.49. The molecule has 19 heavy (non-hydrogen) atoms. The third kappa shape index (κ3) is 4.24. The van der Waals surface area contributed by atoms with Gasteiger partial charge in [-0.15, -0.1) is 0 Å². The summed E-state index contributed by atoms with van der Waals surface area (Å²) in [5.74, 6) is 0.941. The fourth-order valence-corrected chi connectivity index (χ4v) is 2.49. The van der Waals surface area contributed by atoms with Gasteiger partial charge in [-0.25, -0.2) is 0 Å². The summed E-state index contributed by atoms with van der Waals surface area (Å²) in [5, 5.41) is 12.6. The first kappa shape index (κ1) is 13.9. The highest BCUT2D eigenvalue weighted by molar-refractivity contribution is 5.78. The van der Waals surface area contributed by atoms with Gasteiger partial charge in [0.25, 0.3) is 0 Å². The zero-order chi connectivity index (χ0) is 13.7. The minimum atomic E-state index is 0.135. The molecule has 1 aliphatic rings. The molecule has 4 nitrogen and oxygen atoms in total. The first-order valence-electron chi connectivity index (χ1n) is 6.88. The highest BCUT2D eigenvalue weighted by Crippen LogP contribution is 2.13. The Morgan fingerprint density at radius 1 is 1.42 bits per heavy atom. The summed E-state index contributed by atoms with van der Waals surface area (Å²) in [7, 11) is 1.87. The predicted octanol–water partition coefficient (Wildman–Crippen LogP) is 1.39. The Bertz CT molecular complexity index is 411. The lowest BCUT2D eigenvalue weighted by molar-refractivity contribution is -0.129. The third-order valence-corrected chi connectivity index (χ3v) is 3.65. The van der Waals surface area contributed by atoms with Crippen LogP contribution in [0.2, 0.25) is 0 Å². The van der Waals surface area contributed by atoms with Crippen LogP contribution in [-0.2, 0) is 11.2 Å². The van der Waals surface area contributed by atoms with E-state index in [-0.39, 0.29) is 11.7 Å². The number of nitrogens with zero attached hydrogens (tertiary/aromatic N) is 1. The molecule has 0 spiro atoms. The Balaban J connectivity index is 1.83. The molecular formula is C15H22N2O2. The number of phenols is 1. The number of carbonyl (C=O) groups excluding carboxylic acids is 1. The number of hydrogen-bond acceptors (Lipinski definition) is 3. The van der Waals surface area contributed by atoms with E-state index in [0.717, 1.165) is 25.2 Å². The van der Waals surface area contributed by atoms with Crippen molar-refractivity contribution in [3.05, 3.63) is 29.8 Å². The first-order chi connectivity index (χ1) is 9.15. The molecular weight excluding hydrogens is 240 g/mol. The van der Waals surface area contributed by atoms with Crippen molar-refractivity contribution >= 4 is 5.91 Å². The predicted molar refractivity (Wildman–Crippen MR) is 75.0 cm³/mol. The Morgan fingerprint density at radius 2 is 2.16 bits per heavy atom. The summed E-state index contributed by atoms with van der Waals surface area (Å²) in [6.07, 6.45) is 2.80. The van der Waals surface area contributed by atoms with Crippen molar-refractivity contribution in [1.29, 1.82) is 0 Å². The summed E-state index contributed by atoms with van der Waals surface area (Å²) in [6.45, 7) is 2.93. The molecule has 2 rings (SSSR count). The minimum absolute atomic E-state index is 0.135. The van der Waals surface area contributed by atoms with Crippen LogP contribution in [0.5, 0.6) is 5.75 Å². The number of benzene rings is 1. The molecule has 0 aromatic heterocycles. The number of amides is 1. The molecule has 0 aliphatic carbocycles. The molecule has 1 aliphatic heterocycles. The van der Waals surface area contributed by atoms with Crippen LogP contribution < -0.4 is 5.32 Å². The highest BCUT2D eigenvalue weighted by atomic mass is 16.3. The maximum absolute atomic E-state index is 12.1. The Hall–Kier alpha value is -1.55. The Kier molecular flexibility index (Phi) is 4.80. The number of nitrogens with one attached hydrogen (secondary N) is 1. The van der Waals surface area contributed by atoms with Gasteiger partial charge in [0.2, 0.25) is 5.91 Å². The number of likely N-dealkylation sites (N-methyl/N-ethyl adjacent to an activating group) is 1. The number of piperidine rings is 1. The molecule has 1 fully saturated rings. The number of phenolic OH excluding ortho intramolecular Hbond substituents is 1. The van der Waals surface area contributed by atoms with Crippen molar-refractivity contribution in [2.45, 2.75) is 19.3 Å². The van der Waals surface area contributed by atoms with Gasteiger partial charge in [0.15, 0.2) is 0 Å². The van der Waals surface area contributed by atoms with Gasteiger partial charge in [0.05, 0.1) is 6.42 Å². The summed E-state index contributed by atoms with van der Waals surface area (Å²) in [4.78, 5) is 13.9. The summed E-state index contributed by atoms with van der Waals surface area (Å²) in [6, 6.07) is 6.83. The Morgan fingerprint density at radius 3 is 2.79 bits per heavy atom. The molecule has 2 N–H and O–H groups in total. The second kappa shape index (κ2) is 6.57. The van der Waals surface area contributed by atoms with Gasteiger partial charge in [0, 0.05) is 13.6 Å². The van der Waals surface area contributed by atoms with Crippen LogP contribution >= 0.6 is 0 Å². The molecule has 1 aromatic carbocycles. The lowest BCUT2D eigenvalue weighted by atomic mass is 9.99. The molecule has 1 atom stereocenters. The highest BCUT2D eigenvalue weighted by Gasteiger charge is 2.18. The second-order valence-corrected chi connectivity index (χ2v) is 5.33. The Labute approximate surface area is 114 Å². The van der Waals surface area contributed by atoms with Crippen LogP contribution in [0.25, 0.3) is 0 Å². The average molecular weight is 262 g/mol. The van der Waals surface area contributed by atoms with Gasteiger partial charge >= 0.3 is 0 Å². The smallest absolute Gasteiger partial charge is 0.226 e. The van der Waals surface area contributed by atoms with Gasteiger partial charge in [-0.3, -0.25) is 4.79 Å². The monoisotopic (exact) mass is 262 g/mol. The van der Waals surface area contributed by atoms with E-state index < -0.39 is 0 Å². The number of aromatic hydroxyl groups is 1. The largest absolute Gasteiger partial charge is 0.508 e. The van der Waals surface area contributed by atoms with Crippen LogP contribution in [0.4, 0.5) is 0 Å². The van der Waals surface area contributed by atoms with Gasteiger partial charge in [-0.1, -0.05) is 12.1 Å². The van der Waals surface area contributed by atoms with E-state index >= 15 is 0 Å². The first-order valence-corrected chi connectivity index (χ1v) is 6.88. The summed E-state index contributed by atoms with van der Waals surface area (Å²) < 4.78 is 0. The molecule has 0 bridgehead atoms. The van der Waals surface area contributed by atoms with Crippen molar-refractivity contribution in [2.75, 3.05) is 26.7 Å². The maximum atomic E-state index is 12.1. The molecule has 1 amide bonds. The topological polar surface area (TPSA) is 52.6 Å². The summed E-state index contributed by atoms with van der Waals surface area (Å²) in [5.41, 5.74) is 0.941. The zero-order valence-corrected chi connectivity index (χ0v) is 11.4. The van der Waals surface area contributed by atoms with E-state index in [4.69, 9.17) is 0 Å². The molecule has 0 saturated carbocycles. The number of hydrogen-bond donors (Lipinski definition) is 2. The molecule has 1 unspecified atom stereocenters. The van der Waals surface area contributed by atoms with E-state index in [2.05, 4.69) is 5.32 Å². The van der Waals surface area contributed by atoms with Crippen LogP contribution in [0, 0.1) is 5.92 Å². The van der Waals surface area contributed by atoms with E-state index in [1.807, 2.05) is 11.9 Å². The van der Waals surface area contributed by atoms with Gasteiger partial charge in [-0.2, -0.15) is 0 Å². The van der Waals surface area contributed by atoms with Crippen molar-refractivity contribution in [1.82, 2.24) is 10.2 Å². The number of carbonyl (C=O) groups is 1. The van der Waals surface area contributed by atoms with Gasteiger partial charge in [-0.05, 0) is 49.5 Å². The van der Waals surface area contributed by atoms with Crippen molar-refractivity contribution in [3.63, 3.8) is 0 Å². The van der Waals surface area contributed by atoms with Crippen LogP contribution in [-0.4, -0.2) is 42.6 Å². The lowest BCUT2D eigenvalue weighted by Gasteiger charge is -2.27. The lowest BCUT2D eigenvalue weighted by Crippen LogP contribution is -2.39. The van der Waals surface area contributed by atoms with E-state index in [1.165, 1.54) is 12.8 Å². The molecule has 1 aromatic rings. The molecule has 4 heteroatoms. The quantitative estimate of drug-likeness (QED) is 0.862. The van der Waals surface area contributed by atoms with E-state index in [1.54, 1.807) is 24.3 Å². The van der Waals surface area contributed by atoms with E-state index in [0.29, 0.717) is 12.3 Å². The fraction of sp³-hybridized carbons (Fsp3) is 0.533. The molecule has 104 valence electrons. The molecule has 1 heterocycles. The second-order valence-electron chi connectivity index (χ2n) is 5.33. The van der Waals surface area contributed by atoms with Crippen molar-refractivity contribution in [3.8, 4) is 5.75 Å². The maximum Gasteiger partial charge on any atom is 0.226 e. The summed E-state index contributed by atoms with van der Waals surface area (Å²) >= 11 is 0. The average Bonchev–Trinajstić information content (AvgIpc) is 2.42. The molecule has 1 saturated heterocycles. The van der Waals surface area contributed by atoms with Gasteiger partial charge in [0.1, 0.15) is 5.75 Å². The van der Waals surface area contributed by atoms with E-state index in [9.17, 15) is 9.90 Å². The molecule has 0 radical (unpaired) electrons. The number of rotatable bonds is 4. The normalized spacial score (nSPS) is 19.1. The zero-order valence-electron chi connectivity index (χ0n) is 11.4. The van der Waals surface area contributed by atoms with Crippen LogP contribution in [0.1, 0.15) is 18.4 Å². The SMILES string of the molecule is CN(CC1CCCNC1)C(=O)Cc1ccc(O)cc1. The van der Waals surface area contributed by atoms with Crippen molar-refractivity contribution < 1.29 is 9.90 Å². The van der Waals surface area contributed by atoms with Gasteiger partial charge < -0.3 is 15.3 Å². The van der Waals surface area contributed by atoms with Crippen molar-refractivity contribution in [2.24, 2.45) is 5.92 Å². The van der Waals surface area contributed by atoms with Crippen LogP contribution in [0.15, 0.2) is 24.3 Å². The van der Waals surface area contributed by atoms with Crippen LogP contribution in [0.3, 0.4) is 0 Å².